The van der Waals surface area contributed by atoms with E-state index < -0.39 is 0 Å². The number of allylic oxidation sites excluding steroid dienone is 3. The molecule has 2 aliphatic rings. The first-order chi connectivity index (χ1) is 11.1. The molecule has 1 saturated heterocycles. The van der Waals surface area contributed by atoms with Crippen LogP contribution >= 0.6 is 0 Å². The lowest BCUT2D eigenvalue weighted by Crippen LogP contribution is -2.07. The molecule has 2 heterocycles. The topological polar surface area (TPSA) is 31.0 Å². The molecule has 0 aromatic heterocycles. The first-order valence-corrected chi connectivity index (χ1v) is 8.50. The van der Waals surface area contributed by atoms with Crippen molar-refractivity contribution in [3.63, 3.8) is 0 Å². The van der Waals surface area contributed by atoms with Crippen LogP contribution in [0.5, 0.6) is 11.5 Å². The third-order valence-corrected chi connectivity index (χ3v) is 4.85. The Morgan fingerprint density at radius 3 is 2.91 bits per heavy atom. The Kier molecular flexibility index (Phi) is 4.76. The molecule has 1 aromatic rings. The van der Waals surface area contributed by atoms with Crippen LogP contribution in [0, 0.1) is 0 Å². The van der Waals surface area contributed by atoms with E-state index in [1.165, 1.54) is 5.57 Å². The van der Waals surface area contributed by atoms with E-state index in [-0.39, 0.29) is 5.60 Å². The maximum atomic E-state index is 5.76. The lowest BCUT2D eigenvalue weighted by molar-refractivity contribution is 0.174. The molecule has 0 bridgehead atoms. The Bertz CT molecular complexity index is 617. The van der Waals surface area contributed by atoms with Gasteiger partial charge in [-0.15, -0.1) is 0 Å². The van der Waals surface area contributed by atoms with Gasteiger partial charge >= 0.3 is 0 Å². The molecule has 1 aromatic carbocycles. The van der Waals surface area contributed by atoms with Crippen molar-refractivity contribution in [3.8, 4) is 11.5 Å². The van der Waals surface area contributed by atoms with E-state index in [0.29, 0.717) is 12.9 Å². The SMILES string of the molecule is CCC1(C)OC1CCC(C)=CCC=Cc1ccc2c(c1)OCO2. The van der Waals surface area contributed by atoms with Gasteiger partial charge in [0, 0.05) is 0 Å². The zero-order valence-electron chi connectivity index (χ0n) is 14.3. The minimum absolute atomic E-state index is 0.152. The highest BCUT2D eigenvalue weighted by Gasteiger charge is 2.49. The van der Waals surface area contributed by atoms with E-state index in [1.807, 2.05) is 12.1 Å². The number of hydrogen-bond acceptors (Lipinski definition) is 3. The van der Waals surface area contributed by atoms with E-state index in [2.05, 4.69) is 45.1 Å². The predicted octanol–water partition coefficient (Wildman–Crippen LogP) is 5.11. The van der Waals surface area contributed by atoms with Crippen LogP contribution < -0.4 is 9.47 Å². The molecule has 0 aliphatic carbocycles. The second kappa shape index (κ2) is 6.79. The zero-order valence-corrected chi connectivity index (χ0v) is 14.3. The first kappa shape index (κ1) is 16.1. The van der Waals surface area contributed by atoms with Crippen LogP contribution in [0.4, 0.5) is 0 Å². The molecule has 3 rings (SSSR count). The van der Waals surface area contributed by atoms with E-state index in [4.69, 9.17) is 14.2 Å². The molecule has 0 saturated carbocycles. The highest BCUT2D eigenvalue weighted by Crippen LogP contribution is 2.42. The summed E-state index contributed by atoms with van der Waals surface area (Å²) in [5.74, 6) is 1.67. The normalized spacial score (nSPS) is 26.0. The molecule has 0 amide bonds. The predicted molar refractivity (Wildman–Crippen MR) is 92.8 cm³/mol. The maximum absolute atomic E-state index is 5.76. The lowest BCUT2D eigenvalue weighted by atomic mass is 9.99. The average molecular weight is 314 g/mol. The Morgan fingerprint density at radius 1 is 1.30 bits per heavy atom. The summed E-state index contributed by atoms with van der Waals surface area (Å²) in [5, 5.41) is 0. The van der Waals surface area contributed by atoms with Crippen molar-refractivity contribution in [3.05, 3.63) is 41.5 Å². The molecule has 23 heavy (non-hydrogen) atoms. The summed E-state index contributed by atoms with van der Waals surface area (Å²) in [7, 11) is 0. The molecular formula is C20H26O3. The Hall–Kier alpha value is -1.74. The molecule has 2 unspecified atom stereocenters. The number of epoxide rings is 1. The van der Waals surface area contributed by atoms with Crippen molar-refractivity contribution in [2.45, 2.75) is 58.2 Å². The van der Waals surface area contributed by atoms with Crippen LogP contribution in [-0.2, 0) is 4.74 Å². The van der Waals surface area contributed by atoms with Crippen LogP contribution in [0.2, 0.25) is 0 Å². The highest BCUT2D eigenvalue weighted by molar-refractivity contribution is 5.56. The highest BCUT2D eigenvalue weighted by atomic mass is 16.7. The van der Waals surface area contributed by atoms with Gasteiger partial charge in [0.2, 0.25) is 6.79 Å². The number of fused-ring (bicyclic) bond motifs is 1. The molecule has 2 aliphatic heterocycles. The maximum Gasteiger partial charge on any atom is 0.231 e. The van der Waals surface area contributed by atoms with Gasteiger partial charge in [-0.3, -0.25) is 0 Å². The van der Waals surface area contributed by atoms with E-state index in [9.17, 15) is 0 Å². The van der Waals surface area contributed by atoms with E-state index in [1.54, 1.807) is 0 Å². The summed E-state index contributed by atoms with van der Waals surface area (Å²) in [6, 6.07) is 6.03. The van der Waals surface area contributed by atoms with Crippen molar-refractivity contribution in [1.29, 1.82) is 0 Å². The third-order valence-electron chi connectivity index (χ3n) is 4.85. The van der Waals surface area contributed by atoms with Crippen molar-refractivity contribution < 1.29 is 14.2 Å². The lowest BCUT2D eigenvalue weighted by Gasteiger charge is -2.02. The number of ether oxygens (including phenoxy) is 3. The quantitative estimate of drug-likeness (QED) is 0.517. The van der Waals surface area contributed by atoms with E-state index in [0.717, 1.165) is 42.7 Å². The monoisotopic (exact) mass is 314 g/mol. The summed E-state index contributed by atoms with van der Waals surface area (Å²) in [6.07, 6.45) is 11.4. The van der Waals surface area contributed by atoms with Crippen LogP contribution in [0.15, 0.2) is 35.9 Å². The Labute approximate surface area is 138 Å². The van der Waals surface area contributed by atoms with Crippen LogP contribution in [-0.4, -0.2) is 18.5 Å². The summed E-state index contributed by atoms with van der Waals surface area (Å²) in [4.78, 5) is 0. The summed E-state index contributed by atoms with van der Waals surface area (Å²) in [5.41, 5.74) is 2.74. The molecule has 124 valence electrons. The summed E-state index contributed by atoms with van der Waals surface area (Å²) < 4.78 is 16.5. The Balaban J connectivity index is 1.43. The number of rotatable bonds is 7. The van der Waals surface area contributed by atoms with Crippen molar-refractivity contribution in [2.75, 3.05) is 6.79 Å². The van der Waals surface area contributed by atoms with Crippen molar-refractivity contribution in [1.82, 2.24) is 0 Å². The van der Waals surface area contributed by atoms with Crippen molar-refractivity contribution >= 4 is 6.08 Å². The first-order valence-electron chi connectivity index (χ1n) is 8.50. The van der Waals surface area contributed by atoms with Gasteiger partial charge in [0.25, 0.3) is 0 Å². The molecule has 3 nitrogen and oxygen atoms in total. The fourth-order valence-corrected chi connectivity index (χ4v) is 2.92. The fraction of sp³-hybridized carbons (Fsp3) is 0.500. The van der Waals surface area contributed by atoms with Crippen LogP contribution in [0.3, 0.4) is 0 Å². The summed E-state index contributed by atoms with van der Waals surface area (Å²) in [6.45, 7) is 6.95. The van der Waals surface area contributed by atoms with Gasteiger partial charge in [0.05, 0.1) is 11.7 Å². The molecule has 1 fully saturated rings. The van der Waals surface area contributed by atoms with Gasteiger partial charge in [-0.05, 0) is 57.2 Å². The van der Waals surface area contributed by atoms with Gasteiger partial charge < -0.3 is 14.2 Å². The molecule has 2 atom stereocenters. The molecule has 0 radical (unpaired) electrons. The second-order valence-corrected chi connectivity index (χ2v) is 6.61. The minimum Gasteiger partial charge on any atom is -0.454 e. The van der Waals surface area contributed by atoms with E-state index >= 15 is 0 Å². The number of benzene rings is 1. The van der Waals surface area contributed by atoms with Gasteiger partial charge in [-0.2, -0.15) is 0 Å². The summed E-state index contributed by atoms with van der Waals surface area (Å²) >= 11 is 0. The minimum atomic E-state index is 0.152. The second-order valence-electron chi connectivity index (χ2n) is 6.61. The molecule has 3 heteroatoms. The van der Waals surface area contributed by atoms with Gasteiger partial charge in [-0.1, -0.05) is 36.8 Å². The largest absolute Gasteiger partial charge is 0.454 e. The standard InChI is InChI=1S/C20H26O3/c1-4-20(3)19(23-20)12-9-15(2)7-5-6-8-16-10-11-17-18(13-16)22-14-21-17/h6-8,10-11,13,19H,4-5,9,12,14H2,1-3H3. The van der Waals surface area contributed by atoms with Gasteiger partial charge in [0.15, 0.2) is 11.5 Å². The third kappa shape index (κ3) is 3.97. The van der Waals surface area contributed by atoms with Crippen molar-refractivity contribution in [2.24, 2.45) is 0 Å². The average Bonchev–Trinajstić information content (AvgIpc) is 2.99. The molecular weight excluding hydrogens is 288 g/mol. The van der Waals surface area contributed by atoms with Crippen LogP contribution in [0.25, 0.3) is 6.08 Å². The zero-order chi connectivity index (χ0) is 16.3. The Morgan fingerprint density at radius 2 is 2.13 bits per heavy atom. The fourth-order valence-electron chi connectivity index (χ4n) is 2.92. The molecule has 0 spiro atoms. The van der Waals surface area contributed by atoms with Gasteiger partial charge in [-0.25, -0.2) is 0 Å². The van der Waals surface area contributed by atoms with Crippen LogP contribution in [0.1, 0.15) is 52.0 Å². The van der Waals surface area contributed by atoms with Gasteiger partial charge in [0.1, 0.15) is 0 Å². The number of hydrogen-bond donors (Lipinski definition) is 0. The molecule has 0 N–H and O–H groups in total. The smallest absolute Gasteiger partial charge is 0.231 e.